The van der Waals surface area contributed by atoms with Gasteiger partial charge in [0, 0.05) is 18.8 Å². The molecule has 2 aromatic heterocycles. The number of sulfone groups is 1. The first-order valence-corrected chi connectivity index (χ1v) is 7.47. The predicted octanol–water partition coefficient (Wildman–Crippen LogP) is 0.0990. The van der Waals surface area contributed by atoms with E-state index in [1.807, 2.05) is 0 Å². The van der Waals surface area contributed by atoms with Gasteiger partial charge in [-0.15, -0.1) is 0 Å². The van der Waals surface area contributed by atoms with Gasteiger partial charge in [-0.25, -0.2) is 13.4 Å². The lowest BCUT2D eigenvalue weighted by molar-refractivity contribution is 0.474. The Labute approximate surface area is 104 Å². The van der Waals surface area contributed by atoms with Gasteiger partial charge in [-0.1, -0.05) is 0 Å². The summed E-state index contributed by atoms with van der Waals surface area (Å²) in [5.74, 6) is 1.06. The first kappa shape index (κ1) is 11.5. The molecule has 1 fully saturated rings. The van der Waals surface area contributed by atoms with Crippen molar-refractivity contribution in [1.29, 1.82) is 0 Å². The average Bonchev–Trinajstić information content (AvgIpc) is 2.70. The minimum absolute atomic E-state index is 0.0625. The van der Waals surface area contributed by atoms with Crippen LogP contribution in [0.15, 0.2) is 24.5 Å². The standard InChI is InChI=1S/C11H13N3O3S/c15-9-1-3-14-8(5-9)6-13-11(14)10-7-18(16,17)4-2-12-10/h1,3,5-6,10,12,15H,2,4,7H2. The third-order valence-corrected chi connectivity index (χ3v) is 4.75. The van der Waals surface area contributed by atoms with E-state index in [9.17, 15) is 13.5 Å². The number of nitrogens with zero attached hydrogens (tertiary/aromatic N) is 2. The normalized spacial score (nSPS) is 23.2. The Morgan fingerprint density at radius 2 is 2.33 bits per heavy atom. The third kappa shape index (κ3) is 1.95. The second-order valence-electron chi connectivity index (χ2n) is 4.42. The second-order valence-corrected chi connectivity index (χ2v) is 6.65. The van der Waals surface area contributed by atoms with Crippen molar-refractivity contribution in [3.63, 3.8) is 0 Å². The molecule has 0 aromatic carbocycles. The molecule has 6 nitrogen and oxygen atoms in total. The molecule has 0 radical (unpaired) electrons. The average molecular weight is 267 g/mol. The summed E-state index contributed by atoms with van der Waals surface area (Å²) in [5.41, 5.74) is 0.745. The van der Waals surface area contributed by atoms with Crippen LogP contribution < -0.4 is 5.32 Å². The quantitative estimate of drug-likeness (QED) is 0.765. The largest absolute Gasteiger partial charge is 0.508 e. The minimum Gasteiger partial charge on any atom is -0.508 e. The Kier molecular flexibility index (Phi) is 2.53. The molecule has 0 amide bonds. The maximum absolute atomic E-state index is 11.6. The summed E-state index contributed by atoms with van der Waals surface area (Å²) in [6.07, 6.45) is 3.31. The number of aromatic hydroxyl groups is 1. The fourth-order valence-electron chi connectivity index (χ4n) is 2.22. The van der Waals surface area contributed by atoms with Crippen LogP contribution in [0.2, 0.25) is 0 Å². The molecule has 1 atom stereocenters. The lowest BCUT2D eigenvalue weighted by Gasteiger charge is -2.22. The summed E-state index contributed by atoms with van der Waals surface area (Å²) in [5, 5.41) is 12.5. The maximum Gasteiger partial charge on any atom is 0.153 e. The zero-order chi connectivity index (χ0) is 12.8. The van der Waals surface area contributed by atoms with Gasteiger partial charge in [0.2, 0.25) is 0 Å². The Morgan fingerprint density at radius 3 is 3.11 bits per heavy atom. The highest BCUT2D eigenvalue weighted by Crippen LogP contribution is 2.21. The summed E-state index contributed by atoms with van der Waals surface area (Å²) in [6.45, 7) is 0.444. The van der Waals surface area contributed by atoms with Crippen LogP contribution in [0, 0.1) is 0 Å². The van der Waals surface area contributed by atoms with Gasteiger partial charge in [-0.05, 0) is 6.07 Å². The monoisotopic (exact) mass is 267 g/mol. The van der Waals surface area contributed by atoms with Crippen LogP contribution in [-0.2, 0) is 9.84 Å². The number of pyridine rings is 1. The van der Waals surface area contributed by atoms with Crippen LogP contribution in [0.4, 0.5) is 0 Å². The molecule has 1 aliphatic rings. The van der Waals surface area contributed by atoms with Crippen LogP contribution in [0.3, 0.4) is 0 Å². The first-order chi connectivity index (χ1) is 8.55. The molecule has 0 bridgehead atoms. The number of rotatable bonds is 1. The fraction of sp³-hybridized carbons (Fsp3) is 0.364. The van der Waals surface area contributed by atoms with E-state index in [1.54, 1.807) is 28.9 Å². The smallest absolute Gasteiger partial charge is 0.153 e. The molecule has 7 heteroatoms. The van der Waals surface area contributed by atoms with Crippen molar-refractivity contribution in [1.82, 2.24) is 14.7 Å². The van der Waals surface area contributed by atoms with E-state index >= 15 is 0 Å². The Morgan fingerprint density at radius 1 is 1.50 bits per heavy atom. The lowest BCUT2D eigenvalue weighted by atomic mass is 10.3. The summed E-state index contributed by atoms with van der Waals surface area (Å²) in [7, 11) is -3.00. The van der Waals surface area contributed by atoms with Gasteiger partial charge < -0.3 is 14.8 Å². The Bertz CT molecular complexity index is 693. The van der Waals surface area contributed by atoms with Crippen molar-refractivity contribution in [2.24, 2.45) is 0 Å². The van der Waals surface area contributed by atoms with Crippen molar-refractivity contribution in [3.05, 3.63) is 30.4 Å². The summed E-state index contributed by atoms with van der Waals surface area (Å²) >= 11 is 0. The summed E-state index contributed by atoms with van der Waals surface area (Å²) in [6, 6.07) is 2.85. The SMILES string of the molecule is O=S1(=O)CCNC(c2ncc3cc(O)ccn23)C1. The number of fused-ring (bicyclic) bond motifs is 1. The van der Waals surface area contributed by atoms with E-state index < -0.39 is 9.84 Å². The lowest BCUT2D eigenvalue weighted by Crippen LogP contribution is -2.40. The van der Waals surface area contributed by atoms with Gasteiger partial charge in [-0.3, -0.25) is 0 Å². The number of aromatic nitrogens is 2. The molecule has 1 saturated heterocycles. The molecular formula is C11H13N3O3S. The van der Waals surface area contributed by atoms with Gasteiger partial charge in [0.05, 0.1) is 29.3 Å². The highest BCUT2D eigenvalue weighted by Gasteiger charge is 2.28. The minimum atomic E-state index is -3.00. The molecule has 1 unspecified atom stereocenters. The van der Waals surface area contributed by atoms with Gasteiger partial charge in [0.1, 0.15) is 11.6 Å². The predicted molar refractivity (Wildman–Crippen MR) is 66.3 cm³/mol. The van der Waals surface area contributed by atoms with Gasteiger partial charge in [0.25, 0.3) is 0 Å². The number of hydrogen-bond acceptors (Lipinski definition) is 5. The number of hydrogen-bond donors (Lipinski definition) is 2. The molecule has 18 heavy (non-hydrogen) atoms. The zero-order valence-corrected chi connectivity index (χ0v) is 10.4. The molecule has 2 N–H and O–H groups in total. The first-order valence-electron chi connectivity index (χ1n) is 5.65. The van der Waals surface area contributed by atoms with E-state index in [-0.39, 0.29) is 23.3 Å². The number of nitrogens with one attached hydrogen (secondary N) is 1. The van der Waals surface area contributed by atoms with Gasteiger partial charge in [-0.2, -0.15) is 0 Å². The van der Waals surface area contributed by atoms with Crippen LogP contribution in [0.25, 0.3) is 5.52 Å². The summed E-state index contributed by atoms with van der Waals surface area (Å²) < 4.78 is 25.0. The Balaban J connectivity index is 2.04. The molecule has 3 heterocycles. The molecule has 1 aliphatic heterocycles. The molecule has 0 spiro atoms. The Hall–Kier alpha value is -1.60. The van der Waals surface area contributed by atoms with Crippen molar-refractivity contribution in [2.45, 2.75) is 6.04 Å². The molecule has 96 valence electrons. The highest BCUT2D eigenvalue weighted by molar-refractivity contribution is 7.91. The van der Waals surface area contributed by atoms with E-state index in [0.29, 0.717) is 12.4 Å². The van der Waals surface area contributed by atoms with E-state index in [4.69, 9.17) is 0 Å². The van der Waals surface area contributed by atoms with Crippen molar-refractivity contribution >= 4 is 15.4 Å². The molecule has 3 rings (SSSR count). The zero-order valence-electron chi connectivity index (χ0n) is 9.57. The topological polar surface area (TPSA) is 83.7 Å². The van der Waals surface area contributed by atoms with Crippen molar-refractivity contribution in [2.75, 3.05) is 18.1 Å². The second kappa shape index (κ2) is 3.96. The molecular weight excluding hydrogens is 254 g/mol. The van der Waals surface area contributed by atoms with Crippen LogP contribution in [0.1, 0.15) is 11.9 Å². The molecule has 2 aromatic rings. The van der Waals surface area contributed by atoms with Gasteiger partial charge in [0.15, 0.2) is 9.84 Å². The van der Waals surface area contributed by atoms with Crippen LogP contribution in [-0.4, -0.2) is 41.0 Å². The third-order valence-electron chi connectivity index (χ3n) is 3.08. The van der Waals surface area contributed by atoms with E-state index in [1.165, 1.54) is 0 Å². The maximum atomic E-state index is 11.6. The number of imidazole rings is 1. The van der Waals surface area contributed by atoms with E-state index in [2.05, 4.69) is 10.3 Å². The van der Waals surface area contributed by atoms with Gasteiger partial charge >= 0.3 is 0 Å². The molecule has 0 saturated carbocycles. The van der Waals surface area contributed by atoms with Crippen molar-refractivity contribution < 1.29 is 13.5 Å². The van der Waals surface area contributed by atoms with E-state index in [0.717, 1.165) is 5.52 Å². The van der Waals surface area contributed by atoms with Crippen molar-refractivity contribution in [3.8, 4) is 5.75 Å². The van der Waals surface area contributed by atoms with Crippen LogP contribution >= 0.6 is 0 Å². The van der Waals surface area contributed by atoms with Crippen LogP contribution in [0.5, 0.6) is 5.75 Å². The highest BCUT2D eigenvalue weighted by atomic mass is 32.2. The summed E-state index contributed by atoms with van der Waals surface area (Å²) in [4.78, 5) is 4.25. The molecule has 0 aliphatic carbocycles. The fourth-order valence-corrected chi connectivity index (χ4v) is 3.59.